The number of nitriles is 5. The highest BCUT2D eigenvalue weighted by Crippen LogP contribution is 2.57. The Hall–Kier alpha value is -6.58. The third kappa shape index (κ3) is 4.56. The van der Waals surface area contributed by atoms with Gasteiger partial charge in [0.25, 0.3) is 23.8 Å². The quantitative estimate of drug-likeness (QED) is 0.149. The lowest BCUT2D eigenvalue weighted by molar-refractivity contribution is 0.404. The molecule has 1 aliphatic carbocycles. The minimum atomic E-state index is -2.41. The van der Waals surface area contributed by atoms with Crippen LogP contribution in [0.3, 0.4) is 0 Å². The van der Waals surface area contributed by atoms with E-state index in [1.54, 1.807) is 0 Å². The molecule has 0 unspecified atom stereocenters. The number of nitrogens with zero attached hydrogens (tertiary/aromatic N) is 7. The van der Waals surface area contributed by atoms with Gasteiger partial charge in [-0.15, -0.1) is 0 Å². The molecular formula is C27F11N7. The first-order valence-electron chi connectivity index (χ1n) is 11.1. The third-order valence-corrected chi connectivity index (χ3v) is 6.06. The number of rotatable bonds is 3. The summed E-state index contributed by atoms with van der Waals surface area (Å²) in [7, 11) is 0. The molecular weight excluding hydrogens is 631 g/mol. The molecule has 0 atom stereocenters. The van der Waals surface area contributed by atoms with Gasteiger partial charge in [-0.3, -0.25) is 0 Å². The van der Waals surface area contributed by atoms with Crippen LogP contribution >= 0.6 is 0 Å². The van der Waals surface area contributed by atoms with Gasteiger partial charge in [-0.1, -0.05) is 0 Å². The van der Waals surface area contributed by atoms with Crippen molar-refractivity contribution in [1.82, 2.24) is 9.97 Å². The van der Waals surface area contributed by atoms with Gasteiger partial charge in [0.05, 0.1) is 33.4 Å². The standard InChI is InChI=1S/C27F11N7/c28-17-6(1-39)7(2-40)18(29)19(30)14(17)8(3-41)11-12(9(4-42)15-20(31)24(35)44-25(36)21(15)32)13(11)10(5-43)16-22(33)26(37)45-27(38)23(16)34/b11-8?,12-9-,13-10+. The van der Waals surface area contributed by atoms with E-state index in [2.05, 4.69) is 9.97 Å². The fraction of sp³-hybridized carbons (Fsp3) is 0. The van der Waals surface area contributed by atoms with E-state index in [9.17, 15) is 60.6 Å². The minimum absolute atomic E-state index is 0.985. The van der Waals surface area contributed by atoms with Gasteiger partial charge in [0.1, 0.15) is 41.5 Å². The molecule has 0 N–H and O–H groups in total. The molecule has 220 valence electrons. The Kier molecular flexibility index (Phi) is 7.84. The molecule has 1 saturated carbocycles. The number of halogens is 11. The number of allylic oxidation sites excluding steroid dienone is 6. The van der Waals surface area contributed by atoms with E-state index in [-0.39, 0.29) is 0 Å². The van der Waals surface area contributed by atoms with E-state index in [1.807, 2.05) is 0 Å². The maximum atomic E-state index is 15.3. The highest BCUT2D eigenvalue weighted by atomic mass is 19.2. The lowest BCUT2D eigenvalue weighted by Crippen LogP contribution is -2.06. The van der Waals surface area contributed by atoms with Crippen molar-refractivity contribution < 1.29 is 48.3 Å². The summed E-state index contributed by atoms with van der Waals surface area (Å²) < 4.78 is 160. The fourth-order valence-corrected chi connectivity index (χ4v) is 4.15. The van der Waals surface area contributed by atoms with Gasteiger partial charge in [-0.05, 0) is 0 Å². The van der Waals surface area contributed by atoms with Gasteiger partial charge in [-0.25, -0.2) is 30.7 Å². The van der Waals surface area contributed by atoms with Gasteiger partial charge in [0, 0.05) is 16.7 Å². The van der Waals surface area contributed by atoms with Gasteiger partial charge in [0.2, 0.25) is 0 Å². The highest BCUT2D eigenvalue weighted by Gasteiger charge is 2.46. The molecule has 18 heteroatoms. The molecule has 0 radical (unpaired) electrons. The Morgan fingerprint density at radius 2 is 0.644 bits per heavy atom. The molecule has 0 aliphatic heterocycles. The summed E-state index contributed by atoms with van der Waals surface area (Å²) in [6.45, 7) is 0. The predicted octanol–water partition coefficient (Wildman–Crippen LogP) is 6.00. The SMILES string of the molecule is N#CC(=C1C(=C(/C#N)c2c(F)c(F)nc(F)c2F)/C1=C(/C#N)c1c(F)c(F)nc(F)c1F)c1c(F)c(F)c(C#N)c(C#N)c1F. The van der Waals surface area contributed by atoms with E-state index in [0.29, 0.717) is 0 Å². The highest BCUT2D eigenvalue weighted by molar-refractivity contribution is 6.12. The Morgan fingerprint density at radius 3 is 0.911 bits per heavy atom. The zero-order valence-electron chi connectivity index (χ0n) is 20.8. The molecule has 7 nitrogen and oxygen atoms in total. The van der Waals surface area contributed by atoms with Crippen LogP contribution in [0.5, 0.6) is 0 Å². The second-order valence-corrected chi connectivity index (χ2v) is 8.27. The Bertz CT molecular complexity index is 2080. The lowest BCUT2D eigenvalue weighted by atomic mass is 9.96. The van der Waals surface area contributed by atoms with Crippen molar-refractivity contribution in [2.24, 2.45) is 0 Å². The van der Waals surface area contributed by atoms with Gasteiger partial charge < -0.3 is 0 Å². The third-order valence-electron chi connectivity index (χ3n) is 6.06. The summed E-state index contributed by atoms with van der Waals surface area (Å²) in [5.41, 5.74) is -17.6. The molecule has 45 heavy (non-hydrogen) atoms. The largest absolute Gasteiger partial charge is 0.252 e. The molecule has 1 aliphatic rings. The van der Waals surface area contributed by atoms with Crippen LogP contribution in [0.15, 0.2) is 16.7 Å². The van der Waals surface area contributed by atoms with Crippen molar-refractivity contribution >= 4 is 16.7 Å². The van der Waals surface area contributed by atoms with E-state index in [4.69, 9.17) is 5.26 Å². The van der Waals surface area contributed by atoms with Crippen LogP contribution in [-0.2, 0) is 0 Å². The second-order valence-electron chi connectivity index (χ2n) is 8.27. The number of hydrogen-bond acceptors (Lipinski definition) is 7. The van der Waals surface area contributed by atoms with Crippen molar-refractivity contribution in [3.8, 4) is 30.3 Å². The molecule has 4 rings (SSSR count). The van der Waals surface area contributed by atoms with Gasteiger partial charge in [-0.2, -0.15) is 53.8 Å². The van der Waals surface area contributed by atoms with Crippen LogP contribution in [0, 0.1) is 121 Å². The maximum absolute atomic E-state index is 15.3. The van der Waals surface area contributed by atoms with Crippen LogP contribution < -0.4 is 0 Å². The average Bonchev–Trinajstić information content (AvgIpc) is 3.72. The summed E-state index contributed by atoms with van der Waals surface area (Å²) in [6, 6.07) is 5.09. The second kappa shape index (κ2) is 11.3. The molecule has 1 aromatic carbocycles. The summed E-state index contributed by atoms with van der Waals surface area (Å²) >= 11 is 0. The first-order valence-corrected chi connectivity index (χ1v) is 11.1. The number of hydrogen-bond donors (Lipinski definition) is 0. The minimum Gasteiger partial charge on any atom is -0.205 e. The Morgan fingerprint density at radius 1 is 0.378 bits per heavy atom. The number of aromatic nitrogens is 2. The summed E-state index contributed by atoms with van der Waals surface area (Å²) in [6.07, 6.45) is 0. The first kappa shape index (κ1) is 31.4. The average molecular weight is 631 g/mol. The van der Waals surface area contributed by atoms with Crippen LogP contribution in [0.1, 0.15) is 27.8 Å². The van der Waals surface area contributed by atoms with Gasteiger partial charge >= 0.3 is 0 Å². The normalized spacial score (nSPS) is 15.2. The van der Waals surface area contributed by atoms with Crippen molar-refractivity contribution in [2.75, 3.05) is 0 Å². The van der Waals surface area contributed by atoms with Gasteiger partial charge in [0.15, 0.2) is 40.7 Å². The molecule has 3 aromatic rings. The Labute approximate surface area is 241 Å². The summed E-state index contributed by atoms with van der Waals surface area (Å²) in [5, 5.41) is 47.5. The van der Waals surface area contributed by atoms with Crippen molar-refractivity contribution in [3.05, 3.63) is 109 Å². The summed E-state index contributed by atoms with van der Waals surface area (Å²) in [4.78, 5) is 4.49. The first-order chi connectivity index (χ1) is 21.2. The van der Waals surface area contributed by atoms with E-state index < -0.39 is 126 Å². The van der Waals surface area contributed by atoms with Crippen molar-refractivity contribution in [3.63, 3.8) is 0 Å². The maximum Gasteiger partial charge on any atom is 0.252 e. The lowest BCUT2D eigenvalue weighted by Gasteiger charge is -2.08. The molecule has 0 saturated heterocycles. The Balaban J connectivity index is 2.36. The van der Waals surface area contributed by atoms with Crippen molar-refractivity contribution in [1.29, 1.82) is 26.3 Å². The van der Waals surface area contributed by atoms with E-state index in [1.165, 1.54) is 0 Å². The summed E-state index contributed by atoms with van der Waals surface area (Å²) in [5.74, 6) is -25.9. The fourth-order valence-electron chi connectivity index (χ4n) is 4.15. The molecule has 0 amide bonds. The van der Waals surface area contributed by atoms with Crippen molar-refractivity contribution in [2.45, 2.75) is 0 Å². The number of benzene rings is 1. The smallest absolute Gasteiger partial charge is 0.205 e. The zero-order valence-corrected chi connectivity index (χ0v) is 20.8. The van der Waals surface area contributed by atoms with Crippen LogP contribution in [-0.4, -0.2) is 9.97 Å². The number of pyridine rings is 2. The zero-order chi connectivity index (χ0) is 33.7. The van der Waals surface area contributed by atoms with E-state index >= 15 is 8.78 Å². The van der Waals surface area contributed by atoms with Crippen LogP contribution in [0.2, 0.25) is 0 Å². The molecule has 1 fully saturated rings. The molecule has 0 bridgehead atoms. The molecule has 0 spiro atoms. The van der Waals surface area contributed by atoms with Crippen LogP contribution in [0.25, 0.3) is 16.7 Å². The van der Waals surface area contributed by atoms with E-state index in [0.717, 1.165) is 30.3 Å². The predicted molar refractivity (Wildman–Crippen MR) is 121 cm³/mol. The monoisotopic (exact) mass is 631 g/mol. The van der Waals surface area contributed by atoms with Crippen LogP contribution in [0.4, 0.5) is 48.3 Å². The topological polar surface area (TPSA) is 145 Å². The molecule has 2 aromatic heterocycles. The molecule has 2 heterocycles.